The van der Waals surface area contributed by atoms with Gasteiger partial charge in [0.15, 0.2) is 5.13 Å². The van der Waals surface area contributed by atoms with Crippen molar-refractivity contribution in [3.8, 4) is 5.75 Å². The second kappa shape index (κ2) is 10.6. The topological polar surface area (TPSA) is 45.7 Å². The zero-order valence-electron chi connectivity index (χ0n) is 16.7. The molecule has 2 aromatic rings. The van der Waals surface area contributed by atoms with Gasteiger partial charge in [-0.2, -0.15) is 0 Å². The number of amides is 1. The van der Waals surface area contributed by atoms with Crippen LogP contribution in [-0.4, -0.2) is 49.1 Å². The Morgan fingerprint density at radius 1 is 1.25 bits per heavy atom. The number of benzene rings is 1. The number of likely N-dealkylation sites (N-methyl/N-ethyl adjacent to an activating group) is 1. The first kappa shape index (κ1) is 23.2. The Morgan fingerprint density at radius 2 is 1.93 bits per heavy atom. The number of rotatable bonds is 8. The molecule has 1 aliphatic rings. The summed E-state index contributed by atoms with van der Waals surface area (Å²) in [6.45, 7) is 7.73. The fraction of sp³-hybridized carbons (Fsp3) is 0.600. The van der Waals surface area contributed by atoms with E-state index in [1.807, 2.05) is 17.0 Å². The molecule has 1 saturated carbocycles. The molecule has 1 heterocycles. The maximum Gasteiger partial charge on any atom is 0.231 e. The summed E-state index contributed by atoms with van der Waals surface area (Å²) in [4.78, 5) is 22.2. The van der Waals surface area contributed by atoms with Gasteiger partial charge >= 0.3 is 0 Å². The smallest absolute Gasteiger partial charge is 0.231 e. The van der Waals surface area contributed by atoms with E-state index < -0.39 is 0 Å². The summed E-state index contributed by atoms with van der Waals surface area (Å²) < 4.78 is 6.32. The molecule has 0 spiro atoms. The normalized spacial score (nSPS) is 14.5. The van der Waals surface area contributed by atoms with Gasteiger partial charge < -0.3 is 9.64 Å². The number of hydrogen-bond donors (Lipinski definition) is 0. The minimum absolute atomic E-state index is 0. The van der Waals surface area contributed by atoms with Gasteiger partial charge in [-0.3, -0.25) is 9.69 Å². The molecule has 0 unspecified atom stereocenters. The zero-order chi connectivity index (χ0) is 19.4. The molecule has 1 aromatic carbocycles. The van der Waals surface area contributed by atoms with Crippen molar-refractivity contribution >= 4 is 56.6 Å². The van der Waals surface area contributed by atoms with Crippen LogP contribution >= 0.6 is 35.3 Å². The van der Waals surface area contributed by atoms with Crippen molar-refractivity contribution in [3.05, 3.63) is 17.2 Å². The first-order valence-electron chi connectivity index (χ1n) is 9.75. The van der Waals surface area contributed by atoms with Gasteiger partial charge in [0.05, 0.1) is 16.8 Å². The molecular weight excluding hydrogens is 417 g/mol. The van der Waals surface area contributed by atoms with E-state index in [-0.39, 0.29) is 24.2 Å². The van der Waals surface area contributed by atoms with Crippen LogP contribution in [0.1, 0.15) is 39.5 Å². The lowest BCUT2D eigenvalue weighted by atomic mass is 10.1. The van der Waals surface area contributed by atoms with Gasteiger partial charge in [0.2, 0.25) is 5.91 Å². The molecule has 1 fully saturated rings. The number of thiazole rings is 1. The fourth-order valence-corrected chi connectivity index (χ4v) is 4.98. The van der Waals surface area contributed by atoms with Crippen molar-refractivity contribution in [2.75, 3.05) is 38.2 Å². The van der Waals surface area contributed by atoms with E-state index in [4.69, 9.17) is 21.3 Å². The lowest BCUT2D eigenvalue weighted by Crippen LogP contribution is -2.41. The van der Waals surface area contributed by atoms with Crippen molar-refractivity contribution in [1.82, 2.24) is 9.88 Å². The number of aromatic nitrogens is 1. The van der Waals surface area contributed by atoms with Crippen LogP contribution in [0.2, 0.25) is 5.02 Å². The Morgan fingerprint density at radius 3 is 2.54 bits per heavy atom. The molecule has 5 nitrogen and oxygen atoms in total. The molecule has 0 aliphatic heterocycles. The highest BCUT2D eigenvalue weighted by Gasteiger charge is 2.30. The van der Waals surface area contributed by atoms with Crippen molar-refractivity contribution in [2.45, 2.75) is 39.5 Å². The number of nitrogens with zero attached hydrogens (tertiary/aromatic N) is 3. The summed E-state index contributed by atoms with van der Waals surface area (Å²) in [7, 11) is 1.63. The predicted molar refractivity (Wildman–Crippen MR) is 121 cm³/mol. The molecule has 0 atom stereocenters. The highest BCUT2D eigenvalue weighted by Crippen LogP contribution is 2.39. The van der Waals surface area contributed by atoms with Crippen LogP contribution in [0.4, 0.5) is 5.13 Å². The number of methoxy groups -OCH3 is 1. The number of hydrogen-bond acceptors (Lipinski definition) is 5. The predicted octanol–water partition coefficient (Wildman–Crippen LogP) is 5.25. The van der Waals surface area contributed by atoms with E-state index in [1.54, 1.807) is 7.11 Å². The number of carbonyl (C=O) groups excluding carboxylic acids is 1. The fourth-order valence-electron chi connectivity index (χ4n) is 3.70. The average Bonchev–Trinajstić information content (AvgIpc) is 3.36. The highest BCUT2D eigenvalue weighted by atomic mass is 35.5. The largest absolute Gasteiger partial charge is 0.494 e. The van der Waals surface area contributed by atoms with E-state index in [9.17, 15) is 4.79 Å². The molecule has 1 aliphatic carbocycles. The third-order valence-corrected chi connectivity index (χ3v) is 6.94. The molecule has 8 heteroatoms. The SMILES string of the molecule is CCN(CC)CCN(C(=O)C1CCCC1)c1nc2c(OC)ccc(Cl)c2s1.Cl. The summed E-state index contributed by atoms with van der Waals surface area (Å²) >= 11 is 7.87. The van der Waals surface area contributed by atoms with E-state index >= 15 is 0 Å². The quantitative estimate of drug-likeness (QED) is 0.556. The van der Waals surface area contributed by atoms with Crippen LogP contribution in [0.5, 0.6) is 5.75 Å². The van der Waals surface area contributed by atoms with Crippen LogP contribution in [0.25, 0.3) is 10.2 Å². The van der Waals surface area contributed by atoms with E-state index in [1.165, 1.54) is 11.3 Å². The third kappa shape index (κ3) is 4.90. The van der Waals surface area contributed by atoms with Crippen LogP contribution in [0.15, 0.2) is 12.1 Å². The molecule has 0 bridgehead atoms. The maximum atomic E-state index is 13.3. The van der Waals surface area contributed by atoms with E-state index in [0.717, 1.165) is 60.7 Å². The molecule has 0 saturated heterocycles. The van der Waals surface area contributed by atoms with Gasteiger partial charge in [0.25, 0.3) is 0 Å². The van der Waals surface area contributed by atoms with Gasteiger partial charge in [-0.1, -0.05) is 49.6 Å². The first-order chi connectivity index (χ1) is 13.1. The Labute approximate surface area is 182 Å². The summed E-state index contributed by atoms with van der Waals surface area (Å²) in [5, 5.41) is 1.37. The first-order valence-corrected chi connectivity index (χ1v) is 10.9. The van der Waals surface area contributed by atoms with Gasteiger partial charge in [0, 0.05) is 19.0 Å². The summed E-state index contributed by atoms with van der Waals surface area (Å²) in [5.41, 5.74) is 0.733. The van der Waals surface area contributed by atoms with Crippen LogP contribution < -0.4 is 9.64 Å². The number of fused-ring (bicyclic) bond motifs is 1. The van der Waals surface area contributed by atoms with E-state index in [2.05, 4.69) is 18.7 Å². The van der Waals surface area contributed by atoms with Crippen LogP contribution in [-0.2, 0) is 4.79 Å². The molecule has 3 rings (SSSR count). The van der Waals surface area contributed by atoms with Gasteiger partial charge in [-0.05, 0) is 38.1 Å². The summed E-state index contributed by atoms with van der Waals surface area (Å²) in [6.07, 6.45) is 4.24. The summed E-state index contributed by atoms with van der Waals surface area (Å²) in [5.74, 6) is 1.01. The van der Waals surface area contributed by atoms with Gasteiger partial charge in [-0.25, -0.2) is 4.98 Å². The van der Waals surface area contributed by atoms with Crippen LogP contribution in [0.3, 0.4) is 0 Å². The zero-order valence-corrected chi connectivity index (χ0v) is 19.1. The molecule has 0 N–H and O–H groups in total. The van der Waals surface area contributed by atoms with Crippen molar-refractivity contribution < 1.29 is 9.53 Å². The number of ether oxygens (including phenoxy) is 1. The summed E-state index contributed by atoms with van der Waals surface area (Å²) in [6, 6.07) is 3.65. The van der Waals surface area contributed by atoms with Crippen molar-refractivity contribution in [2.24, 2.45) is 5.92 Å². The Balaban J connectivity index is 0.00000280. The lowest BCUT2D eigenvalue weighted by Gasteiger charge is -2.26. The average molecular weight is 446 g/mol. The monoisotopic (exact) mass is 445 g/mol. The lowest BCUT2D eigenvalue weighted by molar-refractivity contribution is -0.122. The molecule has 156 valence electrons. The van der Waals surface area contributed by atoms with Crippen molar-refractivity contribution in [3.63, 3.8) is 0 Å². The molecule has 1 aromatic heterocycles. The Bertz CT molecular complexity index is 789. The van der Waals surface area contributed by atoms with E-state index in [0.29, 0.717) is 17.3 Å². The van der Waals surface area contributed by atoms with Crippen LogP contribution in [0, 0.1) is 5.92 Å². The number of carbonyl (C=O) groups is 1. The molecule has 0 radical (unpaired) electrons. The second-order valence-electron chi connectivity index (χ2n) is 6.92. The Hall–Kier alpha value is -1.08. The molecule has 1 amide bonds. The van der Waals surface area contributed by atoms with Gasteiger partial charge in [0.1, 0.15) is 11.3 Å². The molecule has 28 heavy (non-hydrogen) atoms. The highest BCUT2D eigenvalue weighted by molar-refractivity contribution is 7.23. The number of halogens is 2. The standard InChI is InChI=1S/C20H28ClN3O2S.ClH/c1-4-23(5-2)12-13-24(19(25)14-8-6-7-9-14)20-22-17-16(26-3)11-10-15(21)18(17)27-20;/h10-11,14H,4-9,12-13H2,1-3H3;1H. The second-order valence-corrected chi connectivity index (χ2v) is 8.31. The maximum absolute atomic E-state index is 13.3. The van der Waals surface area contributed by atoms with Gasteiger partial charge in [-0.15, -0.1) is 12.4 Å². The van der Waals surface area contributed by atoms with Crippen molar-refractivity contribution in [1.29, 1.82) is 0 Å². The Kier molecular flexibility index (Phi) is 8.81. The molecular formula is C20H29Cl2N3O2S. The minimum atomic E-state index is 0. The third-order valence-electron chi connectivity index (χ3n) is 5.40. The minimum Gasteiger partial charge on any atom is -0.494 e. The number of anilines is 1.